The van der Waals surface area contributed by atoms with E-state index in [2.05, 4.69) is 14.7 Å². The van der Waals surface area contributed by atoms with Crippen molar-refractivity contribution in [3.63, 3.8) is 0 Å². The summed E-state index contributed by atoms with van der Waals surface area (Å²) in [7, 11) is 0. The van der Waals surface area contributed by atoms with Gasteiger partial charge in [0.25, 0.3) is 0 Å². The van der Waals surface area contributed by atoms with Crippen LogP contribution >= 0.6 is 11.9 Å². The molecular weight excluding hydrogens is 457 g/mol. The van der Waals surface area contributed by atoms with Crippen molar-refractivity contribution in [2.75, 3.05) is 0 Å². The molecule has 8 heteroatoms. The number of pyridine rings is 1. The van der Waals surface area contributed by atoms with Gasteiger partial charge in [0.1, 0.15) is 0 Å². The van der Waals surface area contributed by atoms with Crippen molar-refractivity contribution >= 4 is 17.9 Å². The molecule has 0 saturated carbocycles. The van der Waals surface area contributed by atoms with E-state index in [-0.39, 0.29) is 5.96 Å². The summed E-state index contributed by atoms with van der Waals surface area (Å²) < 4.78 is 41.9. The van der Waals surface area contributed by atoms with Crippen LogP contribution in [-0.4, -0.2) is 10.9 Å². The molecule has 0 bridgehead atoms. The van der Waals surface area contributed by atoms with Gasteiger partial charge < -0.3 is 5.73 Å². The number of aromatic nitrogens is 1. The number of benzene rings is 3. The number of hydrogen-bond donors (Lipinski definition) is 2. The Labute approximate surface area is 199 Å². The lowest BCUT2D eigenvalue weighted by Crippen LogP contribution is -2.25. The molecule has 172 valence electrons. The van der Waals surface area contributed by atoms with Gasteiger partial charge in [-0.05, 0) is 53.4 Å². The second kappa shape index (κ2) is 10.4. The molecule has 4 rings (SSSR count). The Morgan fingerprint density at radius 2 is 1.53 bits per heavy atom. The van der Waals surface area contributed by atoms with Gasteiger partial charge in [-0.2, -0.15) is 13.2 Å². The normalized spacial score (nSPS) is 11.9. The summed E-state index contributed by atoms with van der Waals surface area (Å²) in [5, 5.41) is 0. The first kappa shape index (κ1) is 23.4. The fourth-order valence-corrected chi connectivity index (χ4v) is 3.87. The van der Waals surface area contributed by atoms with Crippen LogP contribution < -0.4 is 10.5 Å². The summed E-state index contributed by atoms with van der Waals surface area (Å²) in [6.45, 7) is 0.300. The zero-order chi connectivity index (χ0) is 24.0. The van der Waals surface area contributed by atoms with E-state index < -0.39 is 11.7 Å². The first-order chi connectivity index (χ1) is 16.4. The number of nitrogens with zero attached hydrogens (tertiary/aromatic N) is 2. The number of alkyl halides is 3. The van der Waals surface area contributed by atoms with Crippen LogP contribution in [0.3, 0.4) is 0 Å². The minimum absolute atomic E-state index is 0.280. The fraction of sp³-hybridized carbons (Fsp3) is 0.0769. The number of hydrogen-bond acceptors (Lipinski definition) is 3. The highest BCUT2D eigenvalue weighted by atomic mass is 32.2. The van der Waals surface area contributed by atoms with E-state index in [0.717, 1.165) is 33.7 Å². The summed E-state index contributed by atoms with van der Waals surface area (Å²) in [4.78, 5) is 9.96. The Morgan fingerprint density at radius 1 is 0.882 bits per heavy atom. The van der Waals surface area contributed by atoms with Gasteiger partial charge in [-0.15, -0.1) is 0 Å². The number of guanidine groups is 1. The van der Waals surface area contributed by atoms with Gasteiger partial charge in [-0.1, -0.05) is 60.7 Å². The Morgan fingerprint density at radius 3 is 2.18 bits per heavy atom. The molecule has 3 N–H and O–H groups in total. The largest absolute Gasteiger partial charge is 0.416 e. The molecule has 0 unspecified atom stereocenters. The highest BCUT2D eigenvalue weighted by Crippen LogP contribution is 2.34. The molecule has 1 aromatic heterocycles. The van der Waals surface area contributed by atoms with Gasteiger partial charge in [0.05, 0.1) is 17.8 Å². The summed E-state index contributed by atoms with van der Waals surface area (Å²) in [6, 6.07) is 26.3. The molecule has 0 aliphatic rings. The van der Waals surface area contributed by atoms with Crippen LogP contribution in [0.25, 0.3) is 22.4 Å². The highest BCUT2D eigenvalue weighted by molar-refractivity contribution is 7.98. The van der Waals surface area contributed by atoms with Crippen LogP contribution in [0.4, 0.5) is 13.2 Å². The van der Waals surface area contributed by atoms with Crippen LogP contribution in [0, 0.1) is 0 Å². The zero-order valence-corrected chi connectivity index (χ0v) is 18.8. The van der Waals surface area contributed by atoms with E-state index in [0.29, 0.717) is 17.8 Å². The maximum absolute atomic E-state index is 13.0. The quantitative estimate of drug-likeness (QED) is 0.188. The molecule has 0 aliphatic heterocycles. The van der Waals surface area contributed by atoms with E-state index >= 15 is 0 Å². The lowest BCUT2D eigenvalue weighted by Gasteiger charge is -2.13. The molecule has 4 nitrogen and oxygen atoms in total. The first-order valence-electron chi connectivity index (χ1n) is 10.4. The average molecular weight is 479 g/mol. The monoisotopic (exact) mass is 478 g/mol. The van der Waals surface area contributed by atoms with Gasteiger partial charge in [0, 0.05) is 22.2 Å². The molecule has 1 heterocycles. The number of nitrogens with one attached hydrogen (secondary N) is 1. The summed E-state index contributed by atoms with van der Waals surface area (Å²) in [6.07, 6.45) is -2.72. The van der Waals surface area contributed by atoms with E-state index in [9.17, 15) is 13.2 Å². The van der Waals surface area contributed by atoms with Crippen LogP contribution in [0.15, 0.2) is 107 Å². The van der Waals surface area contributed by atoms with Gasteiger partial charge >= 0.3 is 6.18 Å². The third-order valence-electron chi connectivity index (χ3n) is 4.96. The Balaban J connectivity index is 1.58. The van der Waals surface area contributed by atoms with Crippen LogP contribution in [-0.2, 0) is 12.7 Å². The molecule has 0 saturated heterocycles. The van der Waals surface area contributed by atoms with Gasteiger partial charge in [0.2, 0.25) is 0 Å². The number of nitrogens with two attached hydrogens (primary N) is 1. The van der Waals surface area contributed by atoms with Gasteiger partial charge in [-0.25, -0.2) is 4.99 Å². The first-order valence-corrected chi connectivity index (χ1v) is 11.2. The molecule has 0 radical (unpaired) electrons. The summed E-state index contributed by atoms with van der Waals surface area (Å²) in [5.41, 5.74) is 9.03. The highest BCUT2D eigenvalue weighted by Gasteiger charge is 2.30. The standard InChI is InChI=1S/C26H21F3N4S/c27-26(28,29)21-13-11-20(12-14-21)24-23(19-7-3-1-4-8-19)15-18(16-31-24)17-32-25(30)33-34-22-9-5-2-6-10-22/h1-16H,17H2,(H3,30,32,33). The maximum atomic E-state index is 13.0. The van der Waals surface area contributed by atoms with Crippen LogP contribution in [0.2, 0.25) is 0 Å². The van der Waals surface area contributed by atoms with Gasteiger partial charge in [0.15, 0.2) is 5.96 Å². The Kier molecular flexibility index (Phi) is 7.18. The number of rotatable bonds is 6. The molecule has 0 spiro atoms. The smallest absolute Gasteiger partial charge is 0.369 e. The average Bonchev–Trinajstić information content (AvgIpc) is 2.87. The van der Waals surface area contributed by atoms with E-state index in [1.807, 2.05) is 66.7 Å². The molecule has 4 aromatic rings. The van der Waals surface area contributed by atoms with Crippen molar-refractivity contribution in [1.29, 1.82) is 0 Å². The van der Waals surface area contributed by atoms with E-state index in [1.165, 1.54) is 24.1 Å². The molecular formula is C26H21F3N4S. The lowest BCUT2D eigenvalue weighted by molar-refractivity contribution is -0.137. The van der Waals surface area contributed by atoms with Gasteiger partial charge in [-0.3, -0.25) is 9.71 Å². The number of aliphatic imine (C=N–C) groups is 1. The van der Waals surface area contributed by atoms with Crippen LogP contribution in [0.5, 0.6) is 0 Å². The van der Waals surface area contributed by atoms with E-state index in [4.69, 9.17) is 5.73 Å². The van der Waals surface area contributed by atoms with Crippen molar-refractivity contribution < 1.29 is 13.2 Å². The van der Waals surface area contributed by atoms with Crippen molar-refractivity contribution in [1.82, 2.24) is 9.71 Å². The number of halogens is 3. The maximum Gasteiger partial charge on any atom is 0.416 e. The fourth-order valence-electron chi connectivity index (χ4n) is 3.29. The molecule has 0 fully saturated rings. The van der Waals surface area contributed by atoms with Crippen molar-refractivity contribution in [3.8, 4) is 22.4 Å². The molecule has 3 aromatic carbocycles. The topological polar surface area (TPSA) is 63.3 Å². The molecule has 34 heavy (non-hydrogen) atoms. The third kappa shape index (κ3) is 5.96. The summed E-state index contributed by atoms with van der Waals surface area (Å²) >= 11 is 1.36. The van der Waals surface area contributed by atoms with Crippen LogP contribution in [0.1, 0.15) is 11.1 Å². The SMILES string of the molecule is NC(=NCc1cnc(-c2ccc(C(F)(F)F)cc2)c(-c2ccccc2)c1)NSc1ccccc1. The summed E-state index contributed by atoms with van der Waals surface area (Å²) in [5.74, 6) is 0.280. The van der Waals surface area contributed by atoms with Crippen molar-refractivity contribution in [3.05, 3.63) is 108 Å². The minimum atomic E-state index is -4.39. The molecule has 0 aliphatic carbocycles. The Hall–Kier alpha value is -3.78. The molecule has 0 atom stereocenters. The third-order valence-corrected chi connectivity index (χ3v) is 5.78. The van der Waals surface area contributed by atoms with E-state index in [1.54, 1.807) is 6.20 Å². The van der Waals surface area contributed by atoms with Crippen molar-refractivity contribution in [2.24, 2.45) is 10.7 Å². The second-order valence-electron chi connectivity index (χ2n) is 7.40. The predicted octanol–water partition coefficient (Wildman–Crippen LogP) is 6.55. The lowest BCUT2D eigenvalue weighted by atomic mass is 9.97. The predicted molar refractivity (Wildman–Crippen MR) is 131 cm³/mol. The minimum Gasteiger partial charge on any atom is -0.369 e. The van der Waals surface area contributed by atoms with Crippen molar-refractivity contribution in [2.45, 2.75) is 17.6 Å². The second-order valence-corrected chi connectivity index (χ2v) is 8.28. The zero-order valence-electron chi connectivity index (χ0n) is 18.0. The molecule has 0 amide bonds. The Bertz CT molecular complexity index is 1260.